The van der Waals surface area contributed by atoms with Crippen molar-refractivity contribution in [3.8, 4) is 11.3 Å². The van der Waals surface area contributed by atoms with Crippen LogP contribution in [0.3, 0.4) is 0 Å². The van der Waals surface area contributed by atoms with E-state index < -0.39 is 0 Å². The molecule has 0 unspecified atom stereocenters. The number of nitrogens with one attached hydrogen (secondary N) is 1. The van der Waals surface area contributed by atoms with Gasteiger partial charge in [0.2, 0.25) is 0 Å². The van der Waals surface area contributed by atoms with Crippen LogP contribution in [0, 0.1) is 0 Å². The van der Waals surface area contributed by atoms with Crippen molar-refractivity contribution in [2.75, 3.05) is 6.54 Å². The van der Waals surface area contributed by atoms with Crippen LogP contribution < -0.4 is 5.32 Å². The van der Waals surface area contributed by atoms with Gasteiger partial charge in [-0.1, -0.05) is 72.9 Å². The van der Waals surface area contributed by atoms with E-state index in [9.17, 15) is 4.79 Å². The summed E-state index contributed by atoms with van der Waals surface area (Å²) in [5.41, 5.74) is 4.91. The number of amides is 1. The van der Waals surface area contributed by atoms with Gasteiger partial charge in [0.05, 0.1) is 17.0 Å². The zero-order chi connectivity index (χ0) is 21.8. The van der Waals surface area contributed by atoms with Gasteiger partial charge in [0, 0.05) is 34.4 Å². The minimum Gasteiger partial charge on any atom is -0.352 e. The molecule has 31 heavy (non-hydrogen) atoms. The molecule has 2 heterocycles. The summed E-state index contributed by atoms with van der Waals surface area (Å²) in [4.78, 5) is 17.4. The number of fused-ring (bicyclic) bond motifs is 1. The van der Waals surface area contributed by atoms with Crippen LogP contribution in [-0.2, 0) is 12.8 Å². The van der Waals surface area contributed by atoms with Gasteiger partial charge < -0.3 is 5.32 Å². The molecule has 0 aliphatic heterocycles. The lowest BCUT2D eigenvalue weighted by molar-refractivity contribution is 0.0952. The summed E-state index contributed by atoms with van der Waals surface area (Å²) >= 11 is 12.2. The highest BCUT2D eigenvalue weighted by molar-refractivity contribution is 6.35. The second-order valence-electron chi connectivity index (χ2n) is 7.28. The Bertz CT molecular complexity index is 1220. The molecule has 0 saturated heterocycles. The SMILES string of the molecule is CCCc1c(C(=O)NCCc2ccc(Cl)cc2Cl)cnc2cc(-c3ccccc3)nn12. The van der Waals surface area contributed by atoms with Crippen molar-refractivity contribution in [1.29, 1.82) is 0 Å². The smallest absolute Gasteiger partial charge is 0.254 e. The molecular formula is C24H22Cl2N4O. The number of rotatable bonds is 7. The van der Waals surface area contributed by atoms with E-state index in [4.69, 9.17) is 28.3 Å². The average Bonchev–Trinajstić information content (AvgIpc) is 3.21. The molecule has 158 valence electrons. The third kappa shape index (κ3) is 4.73. The van der Waals surface area contributed by atoms with Crippen LogP contribution in [0.2, 0.25) is 10.0 Å². The van der Waals surface area contributed by atoms with Gasteiger partial charge >= 0.3 is 0 Å². The fraction of sp³-hybridized carbons (Fsp3) is 0.208. The molecule has 0 atom stereocenters. The summed E-state index contributed by atoms with van der Waals surface area (Å²) in [5, 5.41) is 8.91. The van der Waals surface area contributed by atoms with Crippen molar-refractivity contribution in [2.24, 2.45) is 0 Å². The van der Waals surface area contributed by atoms with E-state index >= 15 is 0 Å². The van der Waals surface area contributed by atoms with E-state index in [0.29, 0.717) is 28.6 Å². The van der Waals surface area contributed by atoms with Crippen molar-refractivity contribution in [2.45, 2.75) is 26.2 Å². The molecule has 2 aromatic heterocycles. The molecule has 0 saturated carbocycles. The summed E-state index contributed by atoms with van der Waals surface area (Å²) in [7, 11) is 0. The van der Waals surface area contributed by atoms with Crippen LogP contribution in [0.25, 0.3) is 16.9 Å². The molecule has 0 radical (unpaired) electrons. The Morgan fingerprint density at radius 1 is 1.06 bits per heavy atom. The Morgan fingerprint density at radius 3 is 2.61 bits per heavy atom. The number of hydrogen-bond donors (Lipinski definition) is 1. The number of carbonyl (C=O) groups is 1. The predicted octanol–water partition coefficient (Wildman–Crippen LogP) is 5.63. The number of halogens is 2. The molecule has 0 aliphatic carbocycles. The first-order valence-corrected chi connectivity index (χ1v) is 11.0. The first-order chi connectivity index (χ1) is 15.1. The molecule has 5 nitrogen and oxygen atoms in total. The molecule has 2 aromatic carbocycles. The van der Waals surface area contributed by atoms with Crippen molar-refractivity contribution in [3.05, 3.63) is 87.7 Å². The second-order valence-corrected chi connectivity index (χ2v) is 8.12. The topological polar surface area (TPSA) is 59.3 Å². The van der Waals surface area contributed by atoms with Gasteiger partial charge in [0.1, 0.15) is 0 Å². The van der Waals surface area contributed by atoms with Gasteiger partial charge in [0.25, 0.3) is 5.91 Å². The quantitative estimate of drug-likeness (QED) is 0.395. The van der Waals surface area contributed by atoms with E-state index in [-0.39, 0.29) is 5.91 Å². The first kappa shape index (κ1) is 21.3. The molecule has 1 amide bonds. The lowest BCUT2D eigenvalue weighted by Crippen LogP contribution is -2.28. The fourth-order valence-corrected chi connectivity index (χ4v) is 4.03. The Morgan fingerprint density at radius 2 is 1.87 bits per heavy atom. The Kier molecular flexibility index (Phi) is 6.54. The number of aryl methyl sites for hydroxylation is 1. The summed E-state index contributed by atoms with van der Waals surface area (Å²) < 4.78 is 1.79. The van der Waals surface area contributed by atoms with Crippen molar-refractivity contribution < 1.29 is 4.79 Å². The molecule has 0 spiro atoms. The summed E-state index contributed by atoms with van der Waals surface area (Å²) in [6.45, 7) is 2.54. The first-order valence-electron chi connectivity index (χ1n) is 10.2. The van der Waals surface area contributed by atoms with Gasteiger partial charge in [-0.15, -0.1) is 0 Å². The van der Waals surface area contributed by atoms with Crippen LogP contribution in [0.4, 0.5) is 0 Å². The lowest BCUT2D eigenvalue weighted by Gasteiger charge is -2.11. The molecule has 4 rings (SSSR count). The number of hydrogen-bond acceptors (Lipinski definition) is 3. The Balaban J connectivity index is 1.57. The maximum atomic E-state index is 12.9. The zero-order valence-electron chi connectivity index (χ0n) is 17.1. The molecule has 0 bridgehead atoms. The highest BCUT2D eigenvalue weighted by Gasteiger charge is 2.17. The third-order valence-corrected chi connectivity index (χ3v) is 5.67. The van der Waals surface area contributed by atoms with Crippen LogP contribution >= 0.6 is 23.2 Å². The van der Waals surface area contributed by atoms with E-state index in [1.165, 1.54) is 0 Å². The van der Waals surface area contributed by atoms with Crippen molar-refractivity contribution >= 4 is 34.8 Å². The van der Waals surface area contributed by atoms with Crippen LogP contribution in [0.15, 0.2) is 60.8 Å². The minimum atomic E-state index is -0.167. The third-order valence-electron chi connectivity index (χ3n) is 5.08. The highest BCUT2D eigenvalue weighted by Crippen LogP contribution is 2.22. The summed E-state index contributed by atoms with van der Waals surface area (Å²) in [6, 6.07) is 17.3. The largest absolute Gasteiger partial charge is 0.352 e. The molecule has 0 aliphatic rings. The monoisotopic (exact) mass is 452 g/mol. The molecular weight excluding hydrogens is 431 g/mol. The van der Waals surface area contributed by atoms with Crippen molar-refractivity contribution in [3.63, 3.8) is 0 Å². The fourth-order valence-electron chi connectivity index (χ4n) is 3.53. The van der Waals surface area contributed by atoms with E-state index in [2.05, 4.69) is 17.2 Å². The minimum absolute atomic E-state index is 0.167. The summed E-state index contributed by atoms with van der Waals surface area (Å²) in [5.74, 6) is -0.167. The molecule has 7 heteroatoms. The molecule has 0 fully saturated rings. The summed E-state index contributed by atoms with van der Waals surface area (Å²) in [6.07, 6.45) is 3.86. The number of aromatic nitrogens is 3. The van der Waals surface area contributed by atoms with E-state index in [1.54, 1.807) is 22.8 Å². The average molecular weight is 453 g/mol. The molecule has 1 N–H and O–H groups in total. The molecule has 4 aromatic rings. The second kappa shape index (κ2) is 9.50. The highest BCUT2D eigenvalue weighted by atomic mass is 35.5. The Labute approximate surface area is 191 Å². The lowest BCUT2D eigenvalue weighted by atomic mass is 10.1. The Hall–Kier alpha value is -2.89. The van der Waals surface area contributed by atoms with Gasteiger partial charge in [-0.2, -0.15) is 5.10 Å². The van der Waals surface area contributed by atoms with E-state index in [1.807, 2.05) is 42.5 Å². The maximum absolute atomic E-state index is 12.9. The van der Waals surface area contributed by atoms with Gasteiger partial charge in [-0.05, 0) is 30.5 Å². The van der Waals surface area contributed by atoms with Gasteiger partial charge in [-0.25, -0.2) is 9.50 Å². The van der Waals surface area contributed by atoms with Gasteiger partial charge in [0.15, 0.2) is 5.65 Å². The van der Waals surface area contributed by atoms with Crippen molar-refractivity contribution in [1.82, 2.24) is 19.9 Å². The van der Waals surface area contributed by atoms with Crippen LogP contribution in [-0.4, -0.2) is 27.0 Å². The number of nitrogens with zero attached hydrogens (tertiary/aromatic N) is 3. The zero-order valence-corrected chi connectivity index (χ0v) is 18.6. The predicted molar refractivity (Wildman–Crippen MR) is 125 cm³/mol. The van der Waals surface area contributed by atoms with Crippen LogP contribution in [0.1, 0.15) is 35.0 Å². The van der Waals surface area contributed by atoms with E-state index in [0.717, 1.165) is 41.0 Å². The van der Waals surface area contributed by atoms with Gasteiger partial charge in [-0.3, -0.25) is 4.79 Å². The normalized spacial score (nSPS) is 11.1. The maximum Gasteiger partial charge on any atom is 0.254 e. The van der Waals surface area contributed by atoms with Crippen LogP contribution in [0.5, 0.6) is 0 Å². The standard InChI is InChI=1S/C24H22Cl2N4O/c1-2-6-22-19(24(31)27-12-11-16-9-10-18(25)13-20(16)26)15-28-23-14-21(29-30(22)23)17-7-4-3-5-8-17/h3-5,7-10,13-15H,2,6,11-12H2,1H3,(H,27,31). The number of carbonyl (C=O) groups excluding carboxylic acids is 1. The number of benzene rings is 2.